The van der Waals surface area contributed by atoms with E-state index in [4.69, 9.17) is 28.5 Å². The van der Waals surface area contributed by atoms with Crippen LogP contribution in [0, 0.1) is 0 Å². The van der Waals surface area contributed by atoms with Crippen molar-refractivity contribution in [1.82, 2.24) is 4.72 Å². The molecule has 0 bridgehead atoms. The Morgan fingerprint density at radius 3 is 2.31 bits per heavy atom. The third-order valence-corrected chi connectivity index (χ3v) is 4.79. The molecule has 2 aromatic carbocycles. The van der Waals surface area contributed by atoms with Gasteiger partial charge >= 0.3 is 0 Å². The number of rotatable bonds is 8. The smallest absolute Gasteiger partial charge is 0.298 e. The molecule has 12 heteroatoms. The highest BCUT2D eigenvalue weighted by Crippen LogP contribution is 2.35. The van der Waals surface area contributed by atoms with E-state index in [1.54, 1.807) is 22.9 Å². The lowest BCUT2D eigenvalue weighted by atomic mass is 10.1. The van der Waals surface area contributed by atoms with Gasteiger partial charge in [0.25, 0.3) is 16.1 Å². The van der Waals surface area contributed by atoms with Crippen molar-refractivity contribution in [3.63, 3.8) is 0 Å². The van der Waals surface area contributed by atoms with E-state index < -0.39 is 22.7 Å². The zero-order chi connectivity index (χ0) is 23.5. The van der Waals surface area contributed by atoms with E-state index in [1.165, 1.54) is 39.5 Å². The van der Waals surface area contributed by atoms with Crippen molar-refractivity contribution in [2.45, 2.75) is 0 Å². The van der Waals surface area contributed by atoms with Gasteiger partial charge in [0.05, 0.1) is 21.3 Å². The lowest BCUT2D eigenvalue weighted by Gasteiger charge is -2.12. The summed E-state index contributed by atoms with van der Waals surface area (Å²) in [5, 5.41) is 4.92. The maximum Gasteiger partial charge on any atom is 0.298 e. The normalized spacial score (nSPS) is 11.1. The summed E-state index contributed by atoms with van der Waals surface area (Å²) in [5.74, 6) is 0.475. The zero-order valence-electron chi connectivity index (χ0n) is 17.3. The van der Waals surface area contributed by atoms with Gasteiger partial charge in [-0.25, -0.2) is 9.86 Å². The molecule has 1 amide bonds. The lowest BCUT2D eigenvalue weighted by molar-refractivity contribution is -0.121. The maximum atomic E-state index is 12.8. The molecule has 170 valence electrons. The number of carbonyl (C=O) groups is 1. The van der Waals surface area contributed by atoms with Gasteiger partial charge in [-0.05, 0) is 18.2 Å². The molecule has 1 heterocycles. The molecule has 32 heavy (non-hydrogen) atoms. The number of ether oxygens (including phenoxy) is 4. The van der Waals surface area contributed by atoms with E-state index in [0.29, 0.717) is 17.1 Å². The maximum absolute atomic E-state index is 12.8. The van der Waals surface area contributed by atoms with Crippen LogP contribution in [0.5, 0.6) is 23.0 Å². The molecule has 0 saturated heterocycles. The van der Waals surface area contributed by atoms with Crippen LogP contribution in [-0.4, -0.2) is 42.3 Å². The van der Waals surface area contributed by atoms with Crippen molar-refractivity contribution >= 4 is 27.1 Å². The van der Waals surface area contributed by atoms with E-state index in [9.17, 15) is 18.0 Å². The lowest BCUT2D eigenvalue weighted by Crippen LogP contribution is -2.38. The van der Waals surface area contributed by atoms with Gasteiger partial charge in [0.1, 0.15) is 28.2 Å². The zero-order valence-corrected chi connectivity index (χ0v) is 18.1. The van der Waals surface area contributed by atoms with Crippen molar-refractivity contribution in [3.05, 3.63) is 46.6 Å². The molecular formula is C20H20N2O9S. The summed E-state index contributed by atoms with van der Waals surface area (Å²) in [4.78, 5) is 24.4. The fourth-order valence-corrected chi connectivity index (χ4v) is 3.32. The largest absolute Gasteiger partial charge is 0.496 e. The highest BCUT2D eigenvalue weighted by Gasteiger charge is 2.16. The van der Waals surface area contributed by atoms with Gasteiger partial charge in [0.2, 0.25) is 0 Å². The SMILES string of the molecule is COc1ccc(-c2cc(=O)c3c(OC)cc(OCC(=O)NS(N)(=O)=O)cc3o2)cc1OC. The number of hydrogen-bond acceptors (Lipinski definition) is 9. The molecule has 0 radical (unpaired) electrons. The summed E-state index contributed by atoms with van der Waals surface area (Å²) in [6, 6.07) is 9.08. The summed E-state index contributed by atoms with van der Waals surface area (Å²) in [6.45, 7) is -0.648. The van der Waals surface area contributed by atoms with Gasteiger partial charge in [-0.2, -0.15) is 8.42 Å². The first kappa shape index (κ1) is 22.9. The van der Waals surface area contributed by atoms with Crippen molar-refractivity contribution in [2.75, 3.05) is 27.9 Å². The van der Waals surface area contributed by atoms with Crippen molar-refractivity contribution in [2.24, 2.45) is 5.14 Å². The monoisotopic (exact) mass is 464 g/mol. The Morgan fingerprint density at radius 1 is 1.00 bits per heavy atom. The molecule has 0 aliphatic heterocycles. The second kappa shape index (κ2) is 9.16. The molecule has 0 spiro atoms. The van der Waals surface area contributed by atoms with Gasteiger partial charge in [-0.1, -0.05) is 0 Å². The number of carbonyl (C=O) groups excluding carboxylic acids is 1. The van der Waals surface area contributed by atoms with Gasteiger partial charge in [0.15, 0.2) is 23.5 Å². The average Bonchev–Trinajstić information content (AvgIpc) is 2.75. The van der Waals surface area contributed by atoms with Crippen molar-refractivity contribution in [3.8, 4) is 34.3 Å². The summed E-state index contributed by atoms with van der Waals surface area (Å²) in [7, 11) is 0.133. The number of fused-ring (bicyclic) bond motifs is 1. The Hall–Kier alpha value is -3.77. The molecule has 0 aliphatic rings. The Labute approximate surface area is 182 Å². The topological polar surface area (TPSA) is 156 Å². The predicted octanol–water partition coefficient (Wildman–Crippen LogP) is 1.18. The number of nitrogens with two attached hydrogens (primary N) is 1. The first-order chi connectivity index (χ1) is 15.1. The summed E-state index contributed by atoms with van der Waals surface area (Å²) >= 11 is 0. The summed E-state index contributed by atoms with van der Waals surface area (Å²) < 4.78 is 50.4. The molecule has 11 nitrogen and oxygen atoms in total. The molecule has 0 unspecified atom stereocenters. The fourth-order valence-electron chi connectivity index (χ4n) is 2.94. The Kier molecular flexibility index (Phi) is 6.55. The molecule has 3 aromatic rings. The van der Waals surface area contributed by atoms with E-state index >= 15 is 0 Å². The Bertz CT molecular complexity index is 1330. The second-order valence-corrected chi connectivity index (χ2v) is 7.70. The molecule has 3 rings (SSSR count). The van der Waals surface area contributed by atoms with Crippen molar-refractivity contribution < 1.29 is 36.6 Å². The van der Waals surface area contributed by atoms with E-state index in [-0.39, 0.29) is 33.7 Å². The number of methoxy groups -OCH3 is 3. The second-order valence-electron chi connectivity index (χ2n) is 6.40. The summed E-state index contributed by atoms with van der Waals surface area (Å²) in [6.07, 6.45) is 0. The molecule has 0 atom stereocenters. The van der Waals surface area contributed by atoms with Crippen LogP contribution in [0.4, 0.5) is 0 Å². The minimum absolute atomic E-state index is 0.103. The number of hydrogen-bond donors (Lipinski definition) is 2. The van der Waals surface area contributed by atoms with Gasteiger partial charge in [-0.3, -0.25) is 9.59 Å². The summed E-state index contributed by atoms with van der Waals surface area (Å²) in [5.41, 5.74) is 0.314. The Morgan fingerprint density at radius 2 is 1.69 bits per heavy atom. The van der Waals surface area contributed by atoms with Gasteiger partial charge in [0, 0.05) is 23.8 Å². The van der Waals surface area contributed by atoms with Crippen LogP contribution in [0.25, 0.3) is 22.3 Å². The average molecular weight is 464 g/mol. The van der Waals surface area contributed by atoms with Crippen LogP contribution >= 0.6 is 0 Å². The van der Waals surface area contributed by atoms with Crippen LogP contribution in [0.3, 0.4) is 0 Å². The predicted molar refractivity (Wildman–Crippen MR) is 114 cm³/mol. The standard InChI is InChI=1S/C20H20N2O9S/c1-27-14-5-4-11(6-16(14)28-2)15-9-13(23)20-17(29-3)7-12(8-18(20)31-15)30-10-19(24)22-32(21,25)26/h4-9H,10H2,1-3H3,(H,22,24)(H2,21,25,26). The number of nitrogens with one attached hydrogen (secondary N) is 1. The van der Waals surface area contributed by atoms with Crippen LogP contribution in [-0.2, 0) is 15.0 Å². The van der Waals surface area contributed by atoms with Crippen LogP contribution in [0.2, 0.25) is 0 Å². The molecular weight excluding hydrogens is 444 g/mol. The Balaban J connectivity index is 2.02. The first-order valence-corrected chi connectivity index (χ1v) is 10.5. The van der Waals surface area contributed by atoms with Gasteiger partial charge < -0.3 is 23.4 Å². The first-order valence-electron chi connectivity index (χ1n) is 8.99. The molecule has 0 aliphatic carbocycles. The molecule has 3 N–H and O–H groups in total. The van der Waals surface area contributed by atoms with Crippen LogP contribution in [0.15, 0.2) is 45.6 Å². The van der Waals surface area contributed by atoms with E-state index in [0.717, 1.165) is 0 Å². The van der Waals surface area contributed by atoms with Gasteiger partial charge in [-0.15, -0.1) is 0 Å². The third kappa shape index (κ3) is 5.10. The van der Waals surface area contributed by atoms with E-state index in [2.05, 4.69) is 0 Å². The third-order valence-electron chi connectivity index (χ3n) is 4.28. The highest BCUT2D eigenvalue weighted by molar-refractivity contribution is 7.87. The minimum Gasteiger partial charge on any atom is -0.496 e. The number of amides is 1. The van der Waals surface area contributed by atoms with Crippen LogP contribution in [0.1, 0.15) is 0 Å². The molecule has 0 saturated carbocycles. The van der Waals surface area contributed by atoms with Crippen molar-refractivity contribution in [1.29, 1.82) is 0 Å². The highest BCUT2D eigenvalue weighted by atomic mass is 32.2. The quantitative estimate of drug-likeness (QED) is 0.500. The van der Waals surface area contributed by atoms with E-state index in [1.807, 2.05) is 0 Å². The minimum atomic E-state index is -4.21. The molecule has 0 fully saturated rings. The fraction of sp³-hybridized carbons (Fsp3) is 0.200. The van der Waals surface area contributed by atoms with Crippen LogP contribution < -0.4 is 34.2 Å². The molecule has 1 aromatic heterocycles. The number of benzene rings is 2.